The largest absolute Gasteiger partial charge is 0.418 e. The van der Waals surface area contributed by atoms with E-state index < -0.39 is 0 Å². The molecule has 0 bridgehead atoms. The molecule has 2 aromatic heterocycles. The topological polar surface area (TPSA) is 92.5 Å². The van der Waals surface area contributed by atoms with E-state index in [9.17, 15) is 0 Å². The first-order chi connectivity index (χ1) is 7.25. The summed E-state index contributed by atoms with van der Waals surface area (Å²) in [6.07, 6.45) is 1.53. The molecule has 80 valence electrons. The molecule has 7 nitrogen and oxygen atoms in total. The van der Waals surface area contributed by atoms with Crippen LogP contribution in [0, 0.1) is 0 Å². The second-order valence-corrected chi connectivity index (χ2v) is 3.39. The first-order valence-corrected chi connectivity index (χ1v) is 4.67. The maximum Gasteiger partial charge on any atom is 0.269 e. The van der Waals surface area contributed by atoms with E-state index in [0.717, 1.165) is 0 Å². The lowest BCUT2D eigenvalue weighted by atomic mass is 10.4. The van der Waals surface area contributed by atoms with Crippen molar-refractivity contribution >= 4 is 0 Å². The fraction of sp³-hybridized carbons (Fsp3) is 0.500. The predicted octanol–water partition coefficient (Wildman–Crippen LogP) is 0.353. The van der Waals surface area contributed by atoms with E-state index >= 15 is 0 Å². The summed E-state index contributed by atoms with van der Waals surface area (Å²) >= 11 is 0. The first kappa shape index (κ1) is 9.78. The van der Waals surface area contributed by atoms with E-state index in [0.29, 0.717) is 30.1 Å². The van der Waals surface area contributed by atoms with Crippen molar-refractivity contribution in [3.63, 3.8) is 0 Å². The number of aromatic amines is 1. The van der Waals surface area contributed by atoms with Gasteiger partial charge < -0.3 is 9.73 Å². The van der Waals surface area contributed by atoms with Crippen LogP contribution in [0.1, 0.15) is 19.7 Å². The molecule has 2 rings (SSSR count). The van der Waals surface area contributed by atoms with Crippen LogP contribution in [0.25, 0.3) is 11.6 Å². The third kappa shape index (κ3) is 2.38. The molecule has 0 spiro atoms. The van der Waals surface area contributed by atoms with Gasteiger partial charge in [-0.25, -0.2) is 0 Å². The summed E-state index contributed by atoms with van der Waals surface area (Å²) in [4.78, 5) is 0. The quantitative estimate of drug-likeness (QED) is 0.753. The smallest absolute Gasteiger partial charge is 0.269 e. The molecule has 0 aliphatic rings. The minimum atomic E-state index is 0.379. The average molecular weight is 208 g/mol. The van der Waals surface area contributed by atoms with E-state index in [-0.39, 0.29) is 0 Å². The zero-order chi connectivity index (χ0) is 10.7. The molecule has 0 amide bonds. The van der Waals surface area contributed by atoms with Gasteiger partial charge in [0.15, 0.2) is 5.69 Å². The molecule has 2 heterocycles. The van der Waals surface area contributed by atoms with Crippen molar-refractivity contribution in [3.05, 3.63) is 12.1 Å². The van der Waals surface area contributed by atoms with Crippen LogP contribution in [-0.4, -0.2) is 31.6 Å². The fourth-order valence-electron chi connectivity index (χ4n) is 1.02. The van der Waals surface area contributed by atoms with Crippen LogP contribution < -0.4 is 5.32 Å². The highest BCUT2D eigenvalue weighted by Gasteiger charge is 2.10. The summed E-state index contributed by atoms with van der Waals surface area (Å²) < 4.78 is 5.37. The van der Waals surface area contributed by atoms with Crippen molar-refractivity contribution in [3.8, 4) is 11.6 Å². The van der Waals surface area contributed by atoms with Crippen LogP contribution in [0.2, 0.25) is 0 Å². The van der Waals surface area contributed by atoms with Crippen molar-refractivity contribution in [1.29, 1.82) is 0 Å². The molecule has 0 aliphatic carbocycles. The van der Waals surface area contributed by atoms with Gasteiger partial charge in [-0.15, -0.1) is 10.2 Å². The lowest BCUT2D eigenvalue weighted by molar-refractivity contribution is 0.458. The molecule has 0 saturated carbocycles. The molecule has 2 N–H and O–H groups in total. The number of aromatic nitrogens is 5. The van der Waals surface area contributed by atoms with Crippen LogP contribution in [-0.2, 0) is 6.54 Å². The number of nitrogens with zero attached hydrogens (tertiary/aromatic N) is 4. The second kappa shape index (κ2) is 4.18. The summed E-state index contributed by atoms with van der Waals surface area (Å²) in [5.74, 6) is 0.922. The van der Waals surface area contributed by atoms with Gasteiger partial charge in [0, 0.05) is 6.04 Å². The Labute approximate surface area is 86.3 Å². The molecular formula is C8H12N6O. The molecule has 0 unspecified atom stereocenters. The van der Waals surface area contributed by atoms with Gasteiger partial charge in [-0.1, -0.05) is 13.8 Å². The summed E-state index contributed by atoms with van der Waals surface area (Å²) in [6, 6.07) is 0.382. The van der Waals surface area contributed by atoms with E-state index in [1.54, 1.807) is 0 Å². The summed E-state index contributed by atoms with van der Waals surface area (Å²) in [6.45, 7) is 4.66. The summed E-state index contributed by atoms with van der Waals surface area (Å²) in [5.41, 5.74) is 0.554. The van der Waals surface area contributed by atoms with Crippen molar-refractivity contribution in [1.82, 2.24) is 30.9 Å². The van der Waals surface area contributed by atoms with Crippen LogP contribution in [0.3, 0.4) is 0 Å². The Kier molecular flexibility index (Phi) is 2.72. The van der Waals surface area contributed by atoms with Gasteiger partial charge in [0.1, 0.15) is 0 Å². The van der Waals surface area contributed by atoms with E-state index in [4.69, 9.17) is 4.42 Å². The Morgan fingerprint density at radius 1 is 1.47 bits per heavy atom. The third-order valence-corrected chi connectivity index (χ3v) is 1.76. The minimum absolute atomic E-state index is 0.379. The number of H-pyrrole nitrogens is 1. The van der Waals surface area contributed by atoms with E-state index in [1.807, 2.05) is 0 Å². The monoisotopic (exact) mass is 208 g/mol. The maximum atomic E-state index is 5.37. The SMILES string of the molecule is CC(C)NCc1nnc(-c2cn[nH]n2)o1. The highest BCUT2D eigenvalue weighted by Crippen LogP contribution is 2.12. The Morgan fingerprint density at radius 3 is 3.00 bits per heavy atom. The normalized spacial score (nSPS) is 11.1. The number of hydrogen-bond donors (Lipinski definition) is 2. The lowest BCUT2D eigenvalue weighted by Crippen LogP contribution is -2.21. The average Bonchev–Trinajstić information content (AvgIpc) is 2.85. The lowest BCUT2D eigenvalue weighted by Gasteiger charge is -2.03. The Balaban J connectivity index is 2.04. The molecular weight excluding hydrogens is 196 g/mol. The molecule has 0 aliphatic heterocycles. The van der Waals surface area contributed by atoms with Gasteiger partial charge in [-0.2, -0.15) is 15.4 Å². The van der Waals surface area contributed by atoms with Crippen molar-refractivity contribution in [2.45, 2.75) is 26.4 Å². The molecule has 0 saturated heterocycles. The van der Waals surface area contributed by atoms with Crippen LogP contribution in [0.15, 0.2) is 10.6 Å². The molecule has 2 aromatic rings. The number of hydrogen-bond acceptors (Lipinski definition) is 6. The van der Waals surface area contributed by atoms with Gasteiger partial charge in [-0.3, -0.25) is 0 Å². The highest BCUT2D eigenvalue weighted by molar-refractivity contribution is 5.42. The molecule has 15 heavy (non-hydrogen) atoms. The van der Waals surface area contributed by atoms with Crippen molar-refractivity contribution in [2.24, 2.45) is 0 Å². The second-order valence-electron chi connectivity index (χ2n) is 3.39. The van der Waals surface area contributed by atoms with Gasteiger partial charge in [0.2, 0.25) is 5.89 Å². The van der Waals surface area contributed by atoms with Crippen LogP contribution >= 0.6 is 0 Å². The van der Waals surface area contributed by atoms with Crippen molar-refractivity contribution in [2.75, 3.05) is 0 Å². The van der Waals surface area contributed by atoms with E-state index in [2.05, 4.69) is 44.8 Å². The number of nitrogens with one attached hydrogen (secondary N) is 2. The molecule has 0 atom stereocenters. The first-order valence-electron chi connectivity index (χ1n) is 4.67. The Morgan fingerprint density at radius 2 is 2.33 bits per heavy atom. The molecule has 7 heteroatoms. The van der Waals surface area contributed by atoms with Gasteiger partial charge in [0.25, 0.3) is 5.89 Å². The number of rotatable bonds is 4. The van der Waals surface area contributed by atoms with Gasteiger partial charge in [0.05, 0.1) is 12.7 Å². The molecule has 0 radical (unpaired) electrons. The van der Waals surface area contributed by atoms with Gasteiger partial charge in [-0.05, 0) is 0 Å². The third-order valence-electron chi connectivity index (χ3n) is 1.76. The summed E-state index contributed by atoms with van der Waals surface area (Å²) in [7, 11) is 0. The summed E-state index contributed by atoms with van der Waals surface area (Å²) in [5, 5.41) is 20.9. The van der Waals surface area contributed by atoms with Crippen LogP contribution in [0.5, 0.6) is 0 Å². The van der Waals surface area contributed by atoms with Gasteiger partial charge >= 0.3 is 0 Å². The zero-order valence-electron chi connectivity index (χ0n) is 8.56. The zero-order valence-corrected chi connectivity index (χ0v) is 8.56. The standard InChI is InChI=1S/C8H12N6O/c1-5(2)9-4-7-12-13-8(15-7)6-3-10-14-11-6/h3,5,9H,4H2,1-2H3,(H,10,11,14). The predicted molar refractivity (Wildman–Crippen MR) is 51.7 cm³/mol. The molecule has 0 fully saturated rings. The van der Waals surface area contributed by atoms with Crippen LogP contribution in [0.4, 0.5) is 0 Å². The minimum Gasteiger partial charge on any atom is -0.418 e. The highest BCUT2D eigenvalue weighted by atomic mass is 16.4. The maximum absolute atomic E-state index is 5.37. The molecule has 0 aromatic carbocycles. The Hall–Kier alpha value is -1.76. The van der Waals surface area contributed by atoms with E-state index in [1.165, 1.54) is 6.20 Å². The fourth-order valence-corrected chi connectivity index (χ4v) is 1.02. The van der Waals surface area contributed by atoms with Crippen molar-refractivity contribution < 1.29 is 4.42 Å². The Bertz CT molecular complexity index is 406.